The predicted octanol–water partition coefficient (Wildman–Crippen LogP) is 4.13. The zero-order valence-electron chi connectivity index (χ0n) is 15.0. The van der Waals surface area contributed by atoms with Gasteiger partial charge in [0, 0.05) is 5.92 Å². The Balaban J connectivity index is 1.65. The van der Waals surface area contributed by atoms with Crippen LogP contribution in [0.1, 0.15) is 45.1 Å². The summed E-state index contributed by atoms with van der Waals surface area (Å²) in [5, 5.41) is 4.15. The maximum absolute atomic E-state index is 12.4. The number of nitrogens with zero attached hydrogens (tertiary/aromatic N) is 1. The van der Waals surface area contributed by atoms with E-state index in [1.54, 1.807) is 13.3 Å². The number of amides is 1. The fourth-order valence-corrected chi connectivity index (χ4v) is 4.84. The second-order valence-corrected chi connectivity index (χ2v) is 7.89. The summed E-state index contributed by atoms with van der Waals surface area (Å²) < 4.78 is 11.7. The lowest BCUT2D eigenvalue weighted by molar-refractivity contribution is -0.123. The Morgan fingerprint density at radius 2 is 2.28 bits per heavy atom. The highest BCUT2D eigenvalue weighted by Crippen LogP contribution is 2.66. The molecule has 0 radical (unpaired) electrons. The Morgan fingerprint density at radius 3 is 2.92 bits per heavy atom. The lowest BCUT2D eigenvalue weighted by Gasteiger charge is -2.15. The first-order chi connectivity index (χ1) is 12.0. The predicted molar refractivity (Wildman–Crippen MR) is 101 cm³/mol. The Kier molecular flexibility index (Phi) is 5.37. The number of carbonyl (C=O) groups is 1. The molecule has 3 rings (SSSR count). The van der Waals surface area contributed by atoms with E-state index in [9.17, 15) is 4.79 Å². The van der Waals surface area contributed by atoms with Crippen molar-refractivity contribution in [2.24, 2.45) is 22.4 Å². The van der Waals surface area contributed by atoms with Gasteiger partial charge in [0.1, 0.15) is 0 Å². The number of fused-ring (bicyclic) bond motifs is 1. The first-order valence-corrected chi connectivity index (χ1v) is 9.63. The fourth-order valence-electron chi connectivity index (χ4n) is 4.21. The quantitative estimate of drug-likeness (QED) is 0.568. The monoisotopic (exact) mass is 408 g/mol. The largest absolute Gasteiger partial charge is 0.492 e. The molecule has 3 atom stereocenters. The van der Waals surface area contributed by atoms with E-state index in [1.165, 1.54) is 19.3 Å². The molecule has 0 bridgehead atoms. The van der Waals surface area contributed by atoms with Gasteiger partial charge in [-0.2, -0.15) is 5.10 Å². The molecule has 136 valence electrons. The van der Waals surface area contributed by atoms with Crippen molar-refractivity contribution in [2.75, 3.05) is 13.7 Å². The number of hydrogen-bond acceptors (Lipinski definition) is 4. The molecule has 1 aromatic carbocycles. The number of hydrazone groups is 1. The van der Waals surface area contributed by atoms with Crippen molar-refractivity contribution in [3.8, 4) is 11.5 Å². The zero-order valence-corrected chi connectivity index (χ0v) is 16.6. The van der Waals surface area contributed by atoms with Gasteiger partial charge < -0.3 is 9.47 Å². The summed E-state index contributed by atoms with van der Waals surface area (Å²) in [6, 6.07) is 3.73. The zero-order chi connectivity index (χ0) is 18.0. The third-order valence-corrected chi connectivity index (χ3v) is 6.13. The summed E-state index contributed by atoms with van der Waals surface area (Å²) >= 11 is 3.48. The Labute approximate surface area is 157 Å². The number of hydrogen-bond donors (Lipinski definition) is 1. The number of rotatable bonds is 6. The minimum atomic E-state index is 0.0447. The van der Waals surface area contributed by atoms with Gasteiger partial charge in [0.2, 0.25) is 5.91 Å². The molecule has 0 heterocycles. The van der Waals surface area contributed by atoms with Crippen LogP contribution in [0.3, 0.4) is 0 Å². The standard InChI is InChI=1S/C19H25BrN2O3/c1-4-25-15-10-12(9-14(20)17(15)24-3)11-21-22-18(23)16-13-7-5-6-8-19(13,16)2/h9-11,13,16H,4-8H2,1-3H3,(H,22,23)/b21-11-/t13-,16-,19-/m0/s1. The van der Waals surface area contributed by atoms with Crippen LogP contribution in [0.15, 0.2) is 21.7 Å². The van der Waals surface area contributed by atoms with Gasteiger partial charge in [-0.1, -0.05) is 19.8 Å². The number of nitrogens with one attached hydrogen (secondary N) is 1. The van der Waals surface area contributed by atoms with E-state index in [1.807, 2.05) is 19.1 Å². The fraction of sp³-hybridized carbons (Fsp3) is 0.579. The van der Waals surface area contributed by atoms with Gasteiger partial charge in [0.25, 0.3) is 0 Å². The molecule has 0 aliphatic heterocycles. The minimum Gasteiger partial charge on any atom is -0.492 e. The molecule has 0 saturated heterocycles. The van der Waals surface area contributed by atoms with Gasteiger partial charge >= 0.3 is 0 Å². The molecule has 1 aromatic rings. The highest BCUT2D eigenvalue weighted by molar-refractivity contribution is 9.10. The van der Waals surface area contributed by atoms with E-state index < -0.39 is 0 Å². The maximum Gasteiger partial charge on any atom is 0.244 e. The molecule has 2 aliphatic rings. The summed E-state index contributed by atoms with van der Waals surface area (Å²) in [5.41, 5.74) is 3.74. The van der Waals surface area contributed by atoms with Gasteiger partial charge in [-0.05, 0) is 64.7 Å². The number of benzene rings is 1. The van der Waals surface area contributed by atoms with Crippen LogP contribution in [0, 0.1) is 17.3 Å². The molecule has 1 amide bonds. The van der Waals surface area contributed by atoms with Gasteiger partial charge in [-0.15, -0.1) is 0 Å². The van der Waals surface area contributed by atoms with Gasteiger partial charge in [-0.3, -0.25) is 4.79 Å². The van der Waals surface area contributed by atoms with Gasteiger partial charge in [0.15, 0.2) is 11.5 Å². The molecule has 1 N–H and O–H groups in total. The first kappa shape index (κ1) is 18.2. The van der Waals surface area contributed by atoms with Gasteiger partial charge in [0.05, 0.1) is 24.4 Å². The smallest absolute Gasteiger partial charge is 0.244 e. The second-order valence-electron chi connectivity index (χ2n) is 7.04. The molecule has 2 fully saturated rings. The average molecular weight is 409 g/mol. The molecule has 0 unspecified atom stereocenters. The summed E-state index contributed by atoms with van der Waals surface area (Å²) in [5.74, 6) is 2.00. The molecule has 5 nitrogen and oxygen atoms in total. The Hall–Kier alpha value is -1.56. The van der Waals surface area contributed by atoms with Crippen LogP contribution < -0.4 is 14.9 Å². The van der Waals surface area contributed by atoms with Crippen molar-refractivity contribution >= 4 is 28.1 Å². The summed E-state index contributed by atoms with van der Waals surface area (Å²) in [6.45, 7) is 4.70. The molecule has 2 aliphatic carbocycles. The van der Waals surface area contributed by atoms with E-state index >= 15 is 0 Å². The van der Waals surface area contributed by atoms with E-state index in [0.29, 0.717) is 24.0 Å². The van der Waals surface area contributed by atoms with Crippen LogP contribution in [0.25, 0.3) is 0 Å². The third-order valence-electron chi connectivity index (χ3n) is 5.54. The van der Waals surface area contributed by atoms with Crippen LogP contribution >= 0.6 is 15.9 Å². The van der Waals surface area contributed by atoms with Crippen LogP contribution in [-0.4, -0.2) is 25.8 Å². The summed E-state index contributed by atoms with van der Waals surface area (Å²) in [4.78, 5) is 12.4. The van der Waals surface area contributed by atoms with Crippen LogP contribution in [0.2, 0.25) is 0 Å². The van der Waals surface area contributed by atoms with Crippen molar-refractivity contribution in [1.29, 1.82) is 0 Å². The lowest BCUT2D eigenvalue weighted by Crippen LogP contribution is -2.22. The maximum atomic E-state index is 12.4. The van der Waals surface area contributed by atoms with Crippen molar-refractivity contribution in [1.82, 2.24) is 5.43 Å². The normalized spacial score (nSPS) is 27.7. The van der Waals surface area contributed by atoms with Crippen molar-refractivity contribution in [2.45, 2.75) is 39.5 Å². The molecule has 0 aromatic heterocycles. The van der Waals surface area contributed by atoms with Gasteiger partial charge in [-0.25, -0.2) is 5.43 Å². The average Bonchev–Trinajstić information content (AvgIpc) is 3.20. The number of ether oxygens (including phenoxy) is 2. The number of halogens is 1. The van der Waals surface area contributed by atoms with Crippen molar-refractivity contribution < 1.29 is 14.3 Å². The number of methoxy groups -OCH3 is 1. The topological polar surface area (TPSA) is 59.9 Å². The van der Waals surface area contributed by atoms with Crippen LogP contribution in [-0.2, 0) is 4.79 Å². The van der Waals surface area contributed by atoms with Crippen molar-refractivity contribution in [3.63, 3.8) is 0 Å². The van der Waals surface area contributed by atoms with E-state index in [4.69, 9.17) is 9.47 Å². The third kappa shape index (κ3) is 3.54. The van der Waals surface area contributed by atoms with E-state index in [-0.39, 0.29) is 17.2 Å². The summed E-state index contributed by atoms with van der Waals surface area (Å²) in [7, 11) is 1.60. The summed E-state index contributed by atoms with van der Waals surface area (Å²) in [6.07, 6.45) is 6.44. The Morgan fingerprint density at radius 1 is 1.48 bits per heavy atom. The lowest BCUT2D eigenvalue weighted by atomic mass is 9.90. The molecular formula is C19H25BrN2O3. The molecule has 0 spiro atoms. The highest BCUT2D eigenvalue weighted by atomic mass is 79.9. The van der Waals surface area contributed by atoms with Crippen LogP contribution in [0.4, 0.5) is 0 Å². The second kappa shape index (κ2) is 7.36. The molecular weight excluding hydrogens is 384 g/mol. The molecule has 2 saturated carbocycles. The van der Waals surface area contributed by atoms with E-state index in [2.05, 4.69) is 33.4 Å². The highest BCUT2D eigenvalue weighted by Gasteiger charge is 2.64. The molecule has 25 heavy (non-hydrogen) atoms. The van der Waals surface area contributed by atoms with Crippen molar-refractivity contribution in [3.05, 3.63) is 22.2 Å². The molecule has 6 heteroatoms. The minimum absolute atomic E-state index is 0.0447. The Bertz CT molecular complexity index is 691. The number of carbonyl (C=O) groups excluding carboxylic acids is 1. The SMILES string of the molecule is CCOc1cc(/C=N\NC(=O)[C@@H]2[C@@H]3CCCC[C@]23C)cc(Br)c1OC. The van der Waals surface area contributed by atoms with E-state index in [0.717, 1.165) is 16.5 Å². The first-order valence-electron chi connectivity index (χ1n) is 8.84. The van der Waals surface area contributed by atoms with Crippen LogP contribution in [0.5, 0.6) is 11.5 Å².